The molecule has 0 aliphatic carbocycles. The molecule has 1 amide bonds. The molecule has 1 aliphatic heterocycles. The summed E-state index contributed by atoms with van der Waals surface area (Å²) in [5.41, 5.74) is 0.505. The first kappa shape index (κ1) is 20.9. The van der Waals surface area contributed by atoms with Crippen molar-refractivity contribution in [2.24, 2.45) is 0 Å². The van der Waals surface area contributed by atoms with Crippen LogP contribution in [-0.2, 0) is 10.0 Å². The highest BCUT2D eigenvalue weighted by molar-refractivity contribution is 7.89. The Labute approximate surface area is 150 Å². The molecular formula is C16H26ClN3O3S. The zero-order valence-corrected chi connectivity index (χ0v) is 16.2. The van der Waals surface area contributed by atoms with Crippen molar-refractivity contribution in [3.8, 4) is 0 Å². The number of hydrogen-bond donors (Lipinski definition) is 1. The van der Waals surface area contributed by atoms with E-state index >= 15 is 0 Å². The molecule has 1 N–H and O–H groups in total. The number of sulfonamides is 1. The standard InChI is InChI=1S/C16H25N3O3S.ClH/c1-12(2)19(4)23(21,22)15-7-5-13(6-8-15)16(20)18(3)14-9-10-17-11-14;/h5-8,12,14,17H,9-11H2,1-4H3;1H. The van der Waals surface area contributed by atoms with Crippen LogP contribution in [0.15, 0.2) is 29.2 Å². The second-order valence-electron chi connectivity index (χ2n) is 6.20. The summed E-state index contributed by atoms with van der Waals surface area (Å²) in [6.45, 7) is 5.36. The Kier molecular flexibility index (Phi) is 7.22. The molecule has 0 bridgehead atoms. The zero-order chi connectivity index (χ0) is 17.2. The fraction of sp³-hybridized carbons (Fsp3) is 0.562. The number of amides is 1. The lowest BCUT2D eigenvalue weighted by molar-refractivity contribution is 0.0743. The largest absolute Gasteiger partial charge is 0.337 e. The first-order chi connectivity index (χ1) is 10.7. The SMILES string of the molecule is CC(C)N(C)S(=O)(=O)c1ccc(C(=O)N(C)C2CCNC2)cc1.Cl. The number of likely N-dealkylation sites (N-methyl/N-ethyl adjacent to an activating group) is 1. The van der Waals surface area contributed by atoms with Gasteiger partial charge in [0.15, 0.2) is 0 Å². The molecule has 6 nitrogen and oxygen atoms in total. The lowest BCUT2D eigenvalue weighted by Crippen LogP contribution is -2.38. The van der Waals surface area contributed by atoms with Gasteiger partial charge in [-0.2, -0.15) is 4.31 Å². The number of hydrogen-bond acceptors (Lipinski definition) is 4. The van der Waals surface area contributed by atoms with Crippen LogP contribution in [0.2, 0.25) is 0 Å². The first-order valence-corrected chi connectivity index (χ1v) is 9.25. The summed E-state index contributed by atoms with van der Waals surface area (Å²) in [7, 11) is -0.174. The minimum Gasteiger partial charge on any atom is -0.337 e. The van der Waals surface area contributed by atoms with E-state index in [9.17, 15) is 13.2 Å². The Morgan fingerprint density at radius 2 is 1.79 bits per heavy atom. The highest BCUT2D eigenvalue weighted by Crippen LogP contribution is 2.18. The molecule has 24 heavy (non-hydrogen) atoms. The molecule has 1 fully saturated rings. The maximum absolute atomic E-state index is 12.5. The Morgan fingerprint density at radius 1 is 1.21 bits per heavy atom. The van der Waals surface area contributed by atoms with E-state index in [1.807, 2.05) is 13.8 Å². The van der Waals surface area contributed by atoms with E-state index in [0.717, 1.165) is 19.5 Å². The van der Waals surface area contributed by atoms with Crippen LogP contribution in [0.4, 0.5) is 0 Å². The molecule has 2 rings (SSSR count). The van der Waals surface area contributed by atoms with Crippen molar-refractivity contribution in [3.05, 3.63) is 29.8 Å². The van der Waals surface area contributed by atoms with Crippen LogP contribution < -0.4 is 5.32 Å². The Morgan fingerprint density at radius 3 is 2.25 bits per heavy atom. The molecule has 0 saturated carbocycles. The number of benzene rings is 1. The van der Waals surface area contributed by atoms with Crippen molar-refractivity contribution in [3.63, 3.8) is 0 Å². The van der Waals surface area contributed by atoms with E-state index in [1.165, 1.54) is 16.4 Å². The van der Waals surface area contributed by atoms with Crippen LogP contribution in [0.1, 0.15) is 30.6 Å². The lowest BCUT2D eigenvalue weighted by Gasteiger charge is -2.24. The third-order valence-corrected chi connectivity index (χ3v) is 6.46. The number of rotatable bonds is 5. The smallest absolute Gasteiger partial charge is 0.253 e. The highest BCUT2D eigenvalue weighted by atomic mass is 35.5. The van der Waals surface area contributed by atoms with Gasteiger partial charge in [-0.05, 0) is 51.1 Å². The van der Waals surface area contributed by atoms with Gasteiger partial charge in [-0.1, -0.05) is 0 Å². The number of halogens is 1. The number of nitrogens with zero attached hydrogens (tertiary/aromatic N) is 2. The molecular weight excluding hydrogens is 350 g/mol. The minimum atomic E-state index is -3.52. The molecule has 0 aromatic heterocycles. The van der Waals surface area contributed by atoms with E-state index in [4.69, 9.17) is 0 Å². The molecule has 8 heteroatoms. The molecule has 1 aliphatic rings. The number of nitrogens with one attached hydrogen (secondary N) is 1. The van der Waals surface area contributed by atoms with Crippen molar-refractivity contribution in [2.45, 2.75) is 37.2 Å². The van der Waals surface area contributed by atoms with Crippen LogP contribution in [-0.4, -0.2) is 62.8 Å². The Hall–Kier alpha value is -1.15. The minimum absolute atomic E-state index is 0. The van der Waals surface area contributed by atoms with Gasteiger partial charge in [0.05, 0.1) is 4.90 Å². The fourth-order valence-electron chi connectivity index (χ4n) is 2.55. The average molecular weight is 376 g/mol. The van der Waals surface area contributed by atoms with Gasteiger partial charge in [-0.3, -0.25) is 4.79 Å². The van der Waals surface area contributed by atoms with E-state index in [0.29, 0.717) is 5.56 Å². The van der Waals surface area contributed by atoms with Gasteiger partial charge < -0.3 is 10.2 Å². The molecule has 0 radical (unpaired) electrons. The third-order valence-electron chi connectivity index (χ3n) is 4.41. The predicted molar refractivity (Wildman–Crippen MR) is 97.1 cm³/mol. The van der Waals surface area contributed by atoms with Crippen LogP contribution in [0.5, 0.6) is 0 Å². The molecule has 1 heterocycles. The van der Waals surface area contributed by atoms with E-state index in [-0.39, 0.29) is 35.3 Å². The van der Waals surface area contributed by atoms with Gasteiger partial charge >= 0.3 is 0 Å². The molecule has 136 valence electrons. The van der Waals surface area contributed by atoms with Gasteiger partial charge in [0, 0.05) is 38.3 Å². The van der Waals surface area contributed by atoms with Gasteiger partial charge in [-0.15, -0.1) is 12.4 Å². The summed E-state index contributed by atoms with van der Waals surface area (Å²) in [6.07, 6.45) is 0.938. The lowest BCUT2D eigenvalue weighted by atomic mass is 10.1. The predicted octanol–water partition coefficient (Wildman–Crippen LogP) is 1.57. The molecule has 1 aromatic carbocycles. The van der Waals surface area contributed by atoms with Gasteiger partial charge in [0.2, 0.25) is 10.0 Å². The summed E-state index contributed by atoms with van der Waals surface area (Å²) in [4.78, 5) is 14.4. The summed E-state index contributed by atoms with van der Waals surface area (Å²) in [5.74, 6) is -0.0835. The van der Waals surface area contributed by atoms with E-state index in [2.05, 4.69) is 5.32 Å². The van der Waals surface area contributed by atoms with E-state index in [1.54, 1.807) is 31.1 Å². The summed E-state index contributed by atoms with van der Waals surface area (Å²) >= 11 is 0. The van der Waals surface area contributed by atoms with Gasteiger partial charge in [0.25, 0.3) is 5.91 Å². The topological polar surface area (TPSA) is 69.7 Å². The Balaban J connectivity index is 0.00000288. The number of carbonyl (C=O) groups excluding carboxylic acids is 1. The maximum atomic E-state index is 12.5. The van der Waals surface area contributed by atoms with Crippen molar-refractivity contribution in [1.29, 1.82) is 0 Å². The quantitative estimate of drug-likeness (QED) is 0.848. The Bertz CT molecular complexity index is 656. The van der Waals surface area contributed by atoms with E-state index < -0.39 is 10.0 Å². The van der Waals surface area contributed by atoms with Crippen molar-refractivity contribution in [2.75, 3.05) is 27.2 Å². The molecule has 1 unspecified atom stereocenters. The summed E-state index contributed by atoms with van der Waals surface area (Å²) in [6, 6.07) is 6.25. The zero-order valence-electron chi connectivity index (χ0n) is 14.5. The van der Waals surface area contributed by atoms with Crippen LogP contribution in [0.3, 0.4) is 0 Å². The highest BCUT2D eigenvalue weighted by Gasteiger charge is 2.26. The van der Waals surface area contributed by atoms with Crippen LogP contribution in [0, 0.1) is 0 Å². The molecule has 1 saturated heterocycles. The fourth-order valence-corrected chi connectivity index (χ4v) is 3.92. The van der Waals surface area contributed by atoms with Crippen molar-refractivity contribution < 1.29 is 13.2 Å². The second-order valence-corrected chi connectivity index (χ2v) is 8.20. The molecule has 1 atom stereocenters. The molecule has 0 spiro atoms. The molecule has 1 aromatic rings. The average Bonchev–Trinajstić information content (AvgIpc) is 3.07. The van der Waals surface area contributed by atoms with Crippen molar-refractivity contribution in [1.82, 2.24) is 14.5 Å². The first-order valence-electron chi connectivity index (χ1n) is 7.81. The second kappa shape index (κ2) is 8.29. The third kappa shape index (κ3) is 4.27. The van der Waals surface area contributed by atoms with Crippen LogP contribution in [0.25, 0.3) is 0 Å². The summed E-state index contributed by atoms with van der Waals surface area (Å²) in [5, 5.41) is 3.23. The van der Waals surface area contributed by atoms with Crippen LogP contribution >= 0.6 is 12.4 Å². The monoisotopic (exact) mass is 375 g/mol. The van der Waals surface area contributed by atoms with Gasteiger partial charge in [-0.25, -0.2) is 8.42 Å². The number of carbonyl (C=O) groups is 1. The normalized spacial score (nSPS) is 17.8. The van der Waals surface area contributed by atoms with Gasteiger partial charge in [0.1, 0.15) is 0 Å². The summed E-state index contributed by atoms with van der Waals surface area (Å²) < 4.78 is 26.2. The maximum Gasteiger partial charge on any atom is 0.253 e. The van der Waals surface area contributed by atoms with Crippen molar-refractivity contribution >= 4 is 28.3 Å².